The van der Waals surface area contributed by atoms with Crippen LogP contribution in [0.4, 0.5) is 0 Å². The lowest BCUT2D eigenvalue weighted by molar-refractivity contribution is -0.130. The Morgan fingerprint density at radius 1 is 0.931 bits per heavy atom. The van der Waals surface area contributed by atoms with Crippen LogP contribution < -0.4 is 20.1 Å². The molecule has 0 saturated carbocycles. The molecule has 2 N–H and O–H groups in total. The van der Waals surface area contributed by atoms with Gasteiger partial charge in [0.2, 0.25) is 11.8 Å². The zero-order valence-electron chi connectivity index (χ0n) is 17.1. The third kappa shape index (κ3) is 5.50. The van der Waals surface area contributed by atoms with Gasteiger partial charge in [0.1, 0.15) is 19.3 Å². The first-order chi connectivity index (χ1) is 13.9. The van der Waals surface area contributed by atoms with E-state index in [1.165, 1.54) is 0 Å². The standard InChI is InChI=1S/C23H28N2O4/c1-15(2)22(25-21(26)13-17-7-5-4-6-8-17)23(27)24-16(3)18-9-10-19-20(14-18)29-12-11-28-19/h4-10,14-16,22H,11-13H2,1-3H3,(H,24,27)(H,25,26)/t16-,22+/m0/s1. The molecule has 2 aromatic carbocycles. The highest BCUT2D eigenvalue weighted by Crippen LogP contribution is 2.32. The Kier molecular flexibility index (Phi) is 6.75. The third-order valence-electron chi connectivity index (χ3n) is 4.90. The van der Waals surface area contributed by atoms with Crippen LogP contribution in [-0.4, -0.2) is 31.1 Å². The molecule has 29 heavy (non-hydrogen) atoms. The number of nitrogens with one attached hydrogen (secondary N) is 2. The van der Waals surface area contributed by atoms with Crippen LogP contribution in [0.5, 0.6) is 11.5 Å². The van der Waals surface area contributed by atoms with E-state index in [9.17, 15) is 9.59 Å². The normalized spacial score (nSPS) is 14.8. The quantitative estimate of drug-likeness (QED) is 0.754. The predicted octanol–water partition coefficient (Wildman–Crippen LogP) is 3.02. The fourth-order valence-corrected chi connectivity index (χ4v) is 3.26. The van der Waals surface area contributed by atoms with Crippen LogP contribution in [0, 0.1) is 5.92 Å². The fourth-order valence-electron chi connectivity index (χ4n) is 3.26. The van der Waals surface area contributed by atoms with Gasteiger partial charge in [0.15, 0.2) is 11.5 Å². The van der Waals surface area contributed by atoms with Gasteiger partial charge >= 0.3 is 0 Å². The minimum Gasteiger partial charge on any atom is -0.486 e. The van der Waals surface area contributed by atoms with E-state index in [2.05, 4.69) is 10.6 Å². The van der Waals surface area contributed by atoms with Gasteiger partial charge in [-0.1, -0.05) is 50.2 Å². The van der Waals surface area contributed by atoms with Crippen LogP contribution in [-0.2, 0) is 16.0 Å². The van der Waals surface area contributed by atoms with Crippen molar-refractivity contribution < 1.29 is 19.1 Å². The average Bonchev–Trinajstić information content (AvgIpc) is 2.72. The van der Waals surface area contributed by atoms with E-state index in [1.54, 1.807) is 0 Å². The Balaban J connectivity index is 1.62. The summed E-state index contributed by atoms with van der Waals surface area (Å²) in [5.41, 5.74) is 1.83. The summed E-state index contributed by atoms with van der Waals surface area (Å²) < 4.78 is 11.2. The number of ether oxygens (including phenoxy) is 2. The molecule has 0 unspecified atom stereocenters. The highest BCUT2D eigenvalue weighted by molar-refractivity contribution is 5.88. The predicted molar refractivity (Wildman–Crippen MR) is 111 cm³/mol. The van der Waals surface area contributed by atoms with Crippen molar-refractivity contribution in [3.05, 3.63) is 59.7 Å². The summed E-state index contributed by atoms with van der Waals surface area (Å²) in [6, 6.07) is 14.3. The van der Waals surface area contributed by atoms with E-state index < -0.39 is 6.04 Å². The molecule has 2 atom stereocenters. The minimum atomic E-state index is -0.606. The Morgan fingerprint density at radius 2 is 1.62 bits per heavy atom. The second-order valence-electron chi connectivity index (χ2n) is 7.58. The van der Waals surface area contributed by atoms with Crippen LogP contribution >= 0.6 is 0 Å². The molecule has 2 amide bonds. The van der Waals surface area contributed by atoms with E-state index in [-0.39, 0.29) is 30.2 Å². The summed E-state index contributed by atoms with van der Waals surface area (Å²) >= 11 is 0. The van der Waals surface area contributed by atoms with Crippen LogP contribution in [0.25, 0.3) is 0 Å². The van der Waals surface area contributed by atoms with Crippen molar-refractivity contribution in [3.8, 4) is 11.5 Å². The molecule has 0 aromatic heterocycles. The Morgan fingerprint density at radius 3 is 2.31 bits per heavy atom. The van der Waals surface area contributed by atoms with Gasteiger partial charge in [-0.25, -0.2) is 0 Å². The van der Waals surface area contributed by atoms with Crippen molar-refractivity contribution in [1.29, 1.82) is 0 Å². The van der Waals surface area contributed by atoms with E-state index in [4.69, 9.17) is 9.47 Å². The lowest BCUT2D eigenvalue weighted by atomic mass is 10.0. The van der Waals surface area contributed by atoms with E-state index in [0.717, 1.165) is 11.1 Å². The van der Waals surface area contributed by atoms with Crippen molar-refractivity contribution >= 4 is 11.8 Å². The Bertz CT molecular complexity index is 851. The number of fused-ring (bicyclic) bond motifs is 1. The highest BCUT2D eigenvalue weighted by Gasteiger charge is 2.26. The molecule has 2 aromatic rings. The molecule has 6 nitrogen and oxygen atoms in total. The first kappa shape index (κ1) is 20.7. The maximum absolute atomic E-state index is 12.9. The smallest absolute Gasteiger partial charge is 0.243 e. The average molecular weight is 396 g/mol. The van der Waals surface area contributed by atoms with Gasteiger partial charge in [-0.15, -0.1) is 0 Å². The number of benzene rings is 2. The van der Waals surface area contributed by atoms with Crippen molar-refractivity contribution in [2.45, 2.75) is 39.3 Å². The van der Waals surface area contributed by atoms with Gasteiger partial charge in [-0.05, 0) is 36.1 Å². The second kappa shape index (κ2) is 9.45. The molecule has 0 aliphatic carbocycles. The molecule has 6 heteroatoms. The summed E-state index contributed by atoms with van der Waals surface area (Å²) in [4.78, 5) is 25.3. The first-order valence-corrected chi connectivity index (χ1v) is 9.97. The minimum absolute atomic E-state index is 0.0396. The highest BCUT2D eigenvalue weighted by atomic mass is 16.6. The first-order valence-electron chi connectivity index (χ1n) is 9.97. The van der Waals surface area contributed by atoms with Crippen LogP contribution in [0.15, 0.2) is 48.5 Å². The largest absolute Gasteiger partial charge is 0.486 e. The fraction of sp³-hybridized carbons (Fsp3) is 0.391. The number of amides is 2. The van der Waals surface area contributed by atoms with Gasteiger partial charge in [-0.2, -0.15) is 0 Å². The SMILES string of the molecule is CC(C)[C@@H](NC(=O)Cc1ccccc1)C(=O)N[C@@H](C)c1ccc2c(c1)OCCO2. The molecular weight excluding hydrogens is 368 g/mol. The van der Waals surface area contributed by atoms with Crippen molar-refractivity contribution in [1.82, 2.24) is 10.6 Å². The summed E-state index contributed by atoms with van der Waals surface area (Å²) in [5, 5.41) is 5.88. The zero-order valence-corrected chi connectivity index (χ0v) is 17.1. The molecule has 1 heterocycles. The van der Waals surface area contributed by atoms with Crippen LogP contribution in [0.1, 0.15) is 37.9 Å². The van der Waals surface area contributed by atoms with Crippen LogP contribution in [0.3, 0.4) is 0 Å². The van der Waals surface area contributed by atoms with Crippen molar-refractivity contribution in [2.24, 2.45) is 5.92 Å². The maximum Gasteiger partial charge on any atom is 0.243 e. The molecule has 1 aliphatic heterocycles. The lowest BCUT2D eigenvalue weighted by Crippen LogP contribution is -2.50. The van der Waals surface area contributed by atoms with E-state index in [0.29, 0.717) is 24.7 Å². The van der Waals surface area contributed by atoms with Crippen LogP contribution in [0.2, 0.25) is 0 Å². The molecule has 0 saturated heterocycles. The molecule has 1 aliphatic rings. The number of carbonyl (C=O) groups excluding carboxylic acids is 2. The third-order valence-corrected chi connectivity index (χ3v) is 4.90. The van der Waals surface area contributed by atoms with Crippen molar-refractivity contribution in [2.75, 3.05) is 13.2 Å². The number of carbonyl (C=O) groups is 2. The summed E-state index contributed by atoms with van der Waals surface area (Å²) in [7, 11) is 0. The van der Waals surface area contributed by atoms with Gasteiger partial charge in [0, 0.05) is 0 Å². The second-order valence-corrected chi connectivity index (χ2v) is 7.58. The van der Waals surface area contributed by atoms with Gasteiger partial charge < -0.3 is 20.1 Å². The Labute approximate surface area is 171 Å². The summed E-state index contributed by atoms with van der Waals surface area (Å²) in [5.74, 6) is 0.987. The Hall–Kier alpha value is -3.02. The molecular formula is C23H28N2O4. The van der Waals surface area contributed by atoms with Crippen molar-refractivity contribution in [3.63, 3.8) is 0 Å². The van der Waals surface area contributed by atoms with Gasteiger partial charge in [0.25, 0.3) is 0 Å². The molecule has 0 spiro atoms. The maximum atomic E-state index is 12.9. The molecule has 3 rings (SSSR count). The molecule has 0 fully saturated rings. The molecule has 0 bridgehead atoms. The number of rotatable bonds is 7. The molecule has 0 radical (unpaired) electrons. The topological polar surface area (TPSA) is 76.7 Å². The summed E-state index contributed by atoms with van der Waals surface area (Å²) in [6.07, 6.45) is 0.245. The lowest BCUT2D eigenvalue weighted by Gasteiger charge is -2.25. The van der Waals surface area contributed by atoms with Gasteiger partial charge in [0.05, 0.1) is 12.5 Å². The van der Waals surface area contributed by atoms with Gasteiger partial charge in [-0.3, -0.25) is 9.59 Å². The van der Waals surface area contributed by atoms with E-state index in [1.807, 2.05) is 69.3 Å². The summed E-state index contributed by atoms with van der Waals surface area (Å²) in [6.45, 7) is 6.80. The van der Waals surface area contributed by atoms with E-state index >= 15 is 0 Å². The number of hydrogen-bond donors (Lipinski definition) is 2. The zero-order chi connectivity index (χ0) is 20.8. The molecule has 154 valence electrons. The number of hydrogen-bond acceptors (Lipinski definition) is 4. The monoisotopic (exact) mass is 396 g/mol.